The van der Waals surface area contributed by atoms with E-state index in [1.54, 1.807) is 0 Å². The summed E-state index contributed by atoms with van der Waals surface area (Å²) in [6, 6.07) is 0. The normalized spacial score (nSPS) is 0. The summed E-state index contributed by atoms with van der Waals surface area (Å²) in [6.07, 6.45) is 0. The van der Waals surface area contributed by atoms with Crippen molar-refractivity contribution < 1.29 is 16.5 Å². The Morgan fingerprint density at radius 3 is 1.00 bits per heavy atom. The first-order valence-corrected chi connectivity index (χ1v) is 0. The molecule has 0 fully saturated rings. The van der Waals surface area contributed by atoms with Crippen molar-refractivity contribution in [1.29, 1.82) is 0 Å². The molecule has 0 aliphatic carbocycles. The van der Waals surface area contributed by atoms with Crippen molar-refractivity contribution in [3.8, 4) is 0 Å². The third kappa shape index (κ3) is 9.21. The van der Waals surface area contributed by atoms with E-state index in [1.165, 1.54) is 0 Å². The van der Waals surface area contributed by atoms with Crippen molar-refractivity contribution in [3.63, 3.8) is 0 Å². The van der Waals surface area contributed by atoms with Crippen LogP contribution in [0.5, 0.6) is 0 Å². The average Bonchev–Trinajstić information content (AvgIpc) is 0. The summed E-state index contributed by atoms with van der Waals surface area (Å²) in [5, 5.41) is 0. The van der Waals surface area contributed by atoms with Gasteiger partial charge in [-0.25, -0.2) is 0 Å². The van der Waals surface area contributed by atoms with Crippen molar-refractivity contribution in [2.75, 3.05) is 0 Å². The van der Waals surface area contributed by atoms with Crippen LogP contribution in [-0.4, -0.2) is 45.9 Å². The predicted molar refractivity (Wildman–Crippen MR) is 17.3 cm³/mol. The zero-order valence-electron chi connectivity index (χ0n) is 1.89. The molecule has 0 aromatic carbocycles. The third-order valence-electron chi connectivity index (χ3n) is 0. The maximum absolute atomic E-state index is 0. The van der Waals surface area contributed by atoms with Gasteiger partial charge >= 0.3 is 0 Å². The Kier molecular flexibility index (Phi) is 223. The van der Waals surface area contributed by atoms with E-state index in [-0.39, 0.29) is 62.4 Å². The molecule has 0 aromatic heterocycles. The molecule has 0 aromatic rings. The molecule has 0 atom stereocenters. The van der Waals surface area contributed by atoms with Gasteiger partial charge in [0.05, 0.1) is 0 Å². The summed E-state index contributed by atoms with van der Waals surface area (Å²) >= 11 is 0. The van der Waals surface area contributed by atoms with Crippen molar-refractivity contribution in [2.45, 2.75) is 0 Å². The molecule has 0 aliphatic rings. The standard InChI is InChI=1S/Al.Ge.Ni.Si. The molecule has 11 radical (unpaired) electrons. The predicted octanol–water partition coefficient (Wildman–Crippen LogP) is -1.14. The average molecular weight is 186 g/mol. The summed E-state index contributed by atoms with van der Waals surface area (Å²) < 4.78 is 0. The van der Waals surface area contributed by atoms with E-state index in [2.05, 4.69) is 0 Å². The molecule has 0 amide bonds. The summed E-state index contributed by atoms with van der Waals surface area (Å²) in [7, 11) is 0. The van der Waals surface area contributed by atoms with Crippen LogP contribution in [0.2, 0.25) is 0 Å². The van der Waals surface area contributed by atoms with E-state index in [0.29, 0.717) is 0 Å². The second-order valence-electron chi connectivity index (χ2n) is 0. The number of hydrogen-bond donors (Lipinski definition) is 0. The van der Waals surface area contributed by atoms with Crippen LogP contribution < -0.4 is 0 Å². The van der Waals surface area contributed by atoms with Gasteiger partial charge in [0.2, 0.25) is 0 Å². The van der Waals surface area contributed by atoms with Crippen LogP contribution in [0.1, 0.15) is 0 Å². The van der Waals surface area contributed by atoms with Crippen LogP contribution >= 0.6 is 0 Å². The Balaban J connectivity index is 0. The van der Waals surface area contributed by atoms with Gasteiger partial charge in [0, 0.05) is 62.4 Å². The van der Waals surface area contributed by atoms with Gasteiger partial charge in [-0.15, -0.1) is 0 Å². The number of rotatable bonds is 0. The van der Waals surface area contributed by atoms with E-state index >= 15 is 0 Å². The fourth-order valence-electron chi connectivity index (χ4n) is 0. The Morgan fingerprint density at radius 1 is 1.00 bits per heavy atom. The van der Waals surface area contributed by atoms with Gasteiger partial charge in [-0.05, 0) is 0 Å². The van der Waals surface area contributed by atoms with Crippen molar-refractivity contribution >= 4 is 45.9 Å². The molecule has 0 unspecified atom stereocenters. The van der Waals surface area contributed by atoms with Crippen molar-refractivity contribution in [1.82, 2.24) is 0 Å². The van der Waals surface area contributed by atoms with E-state index in [1.807, 2.05) is 0 Å². The molecule has 0 saturated carbocycles. The first kappa shape index (κ1) is 41.6. The monoisotopic (exact) mass is 187 g/mol. The van der Waals surface area contributed by atoms with Gasteiger partial charge in [-0.2, -0.15) is 0 Å². The van der Waals surface area contributed by atoms with Gasteiger partial charge in [0.15, 0.2) is 0 Å². The fraction of sp³-hybridized carbons (Fsp3) is 0. The van der Waals surface area contributed by atoms with Crippen LogP contribution in [0, 0.1) is 0 Å². The van der Waals surface area contributed by atoms with Crippen LogP contribution in [0.3, 0.4) is 0 Å². The third-order valence-corrected chi connectivity index (χ3v) is 0. The van der Waals surface area contributed by atoms with Gasteiger partial charge in [0.25, 0.3) is 0 Å². The van der Waals surface area contributed by atoms with Gasteiger partial charge < -0.3 is 0 Å². The Bertz CT molecular complexity index is 8.00. The molecule has 0 saturated heterocycles. The molecular weight excluding hydrogens is 186 g/mol. The van der Waals surface area contributed by atoms with Crippen LogP contribution in [-0.2, 0) is 16.5 Å². The van der Waals surface area contributed by atoms with Crippen LogP contribution in [0.25, 0.3) is 0 Å². The van der Waals surface area contributed by atoms with Gasteiger partial charge in [0.1, 0.15) is 0 Å². The Hall–Kier alpha value is 1.79. The number of hydrogen-bond acceptors (Lipinski definition) is 0. The van der Waals surface area contributed by atoms with Crippen LogP contribution in [0.15, 0.2) is 0 Å². The van der Waals surface area contributed by atoms with Crippen LogP contribution in [0.4, 0.5) is 0 Å². The minimum Gasteiger partial charge on any atom is 0 e. The zero-order valence-corrected chi connectivity index (χ0v) is 7.13. The fourth-order valence-corrected chi connectivity index (χ4v) is 0. The largest absolute Gasteiger partial charge is 0 e. The maximum atomic E-state index is 0. The minimum atomic E-state index is 0. The molecule has 0 aliphatic heterocycles. The minimum absolute atomic E-state index is 0. The molecule has 21 valence electrons. The van der Waals surface area contributed by atoms with E-state index in [9.17, 15) is 0 Å². The maximum Gasteiger partial charge on any atom is 0 e. The molecule has 0 heterocycles. The smallest absolute Gasteiger partial charge is 0 e. The SMILES string of the molecule is [Al].[Ge].[Ni].[Si]. The first-order chi connectivity index (χ1) is 0. The summed E-state index contributed by atoms with van der Waals surface area (Å²) in [4.78, 5) is 0. The van der Waals surface area contributed by atoms with Gasteiger partial charge in [-0.1, -0.05) is 0 Å². The van der Waals surface area contributed by atoms with Crippen molar-refractivity contribution in [3.05, 3.63) is 0 Å². The second-order valence-corrected chi connectivity index (χ2v) is 0. The molecule has 4 heteroatoms. The molecule has 0 rings (SSSR count). The summed E-state index contributed by atoms with van der Waals surface area (Å²) in [6.45, 7) is 0. The van der Waals surface area contributed by atoms with E-state index < -0.39 is 0 Å². The summed E-state index contributed by atoms with van der Waals surface area (Å²) in [5.74, 6) is 0. The second kappa shape index (κ2) is 21.5. The molecule has 0 nitrogen and oxygen atoms in total. The van der Waals surface area contributed by atoms with E-state index in [0.717, 1.165) is 0 Å². The molecular formula is AlGeNiSi. The first-order valence-electron chi connectivity index (χ1n) is 0. The summed E-state index contributed by atoms with van der Waals surface area (Å²) in [5.41, 5.74) is 0. The van der Waals surface area contributed by atoms with Crippen molar-refractivity contribution in [2.24, 2.45) is 0 Å². The molecule has 0 spiro atoms. The molecule has 0 bridgehead atoms. The van der Waals surface area contributed by atoms with Gasteiger partial charge in [-0.3, -0.25) is 0 Å². The molecule has 4 heavy (non-hydrogen) atoms. The Morgan fingerprint density at radius 2 is 1.00 bits per heavy atom. The topological polar surface area (TPSA) is 0 Å². The Labute approximate surface area is 62.2 Å². The van der Waals surface area contributed by atoms with E-state index in [4.69, 9.17) is 0 Å². The quantitative estimate of drug-likeness (QED) is 0.419. The molecule has 0 N–H and O–H groups in total. The zero-order chi connectivity index (χ0) is 0.